The van der Waals surface area contributed by atoms with E-state index in [9.17, 15) is 9.18 Å². The van der Waals surface area contributed by atoms with E-state index in [2.05, 4.69) is 20.9 Å². The molecule has 2 nitrogen and oxygen atoms in total. The summed E-state index contributed by atoms with van der Waals surface area (Å²) < 4.78 is 13.5. The Bertz CT molecular complexity index is 567. The third-order valence-electron chi connectivity index (χ3n) is 2.26. The van der Waals surface area contributed by atoms with Gasteiger partial charge in [-0.1, -0.05) is 22.0 Å². The van der Waals surface area contributed by atoms with Crippen LogP contribution in [0.1, 0.15) is 20.2 Å². The average molecular weight is 314 g/mol. The number of hydrogen-bond donors (Lipinski definition) is 0. The summed E-state index contributed by atoms with van der Waals surface area (Å²) in [7, 11) is 0. The number of aromatic nitrogens is 1. The first-order valence-corrected chi connectivity index (χ1v) is 6.57. The highest BCUT2D eigenvalue weighted by atomic mass is 79.9. The molecule has 0 saturated heterocycles. The normalized spacial score (nSPS) is 10.5. The van der Waals surface area contributed by atoms with Crippen LogP contribution in [0, 0.1) is 12.7 Å². The van der Waals surface area contributed by atoms with E-state index in [1.807, 2.05) is 6.92 Å². The van der Waals surface area contributed by atoms with Crippen LogP contribution in [0.2, 0.25) is 0 Å². The fourth-order valence-corrected chi connectivity index (χ4v) is 2.62. The van der Waals surface area contributed by atoms with Gasteiger partial charge >= 0.3 is 0 Å². The van der Waals surface area contributed by atoms with Gasteiger partial charge in [-0.25, -0.2) is 9.37 Å². The van der Waals surface area contributed by atoms with Crippen LogP contribution in [0.15, 0.2) is 28.9 Å². The number of thiazole rings is 1. The van der Waals surface area contributed by atoms with E-state index >= 15 is 0 Å². The maximum absolute atomic E-state index is 12.9. The van der Waals surface area contributed by atoms with Crippen LogP contribution in [0.5, 0.6) is 0 Å². The fourth-order valence-electron chi connectivity index (χ4n) is 1.42. The molecule has 2 aromatic rings. The molecule has 2 rings (SSSR count). The lowest BCUT2D eigenvalue weighted by Crippen LogP contribution is -2.02. The summed E-state index contributed by atoms with van der Waals surface area (Å²) >= 11 is 4.62. The Labute approximate surface area is 111 Å². The Kier molecular flexibility index (Phi) is 3.69. The number of ketones is 1. The molecule has 0 saturated carbocycles. The van der Waals surface area contributed by atoms with Crippen molar-refractivity contribution >= 4 is 33.0 Å². The van der Waals surface area contributed by atoms with E-state index in [1.54, 1.807) is 12.3 Å². The quantitative estimate of drug-likeness (QED) is 0.807. The van der Waals surface area contributed by atoms with Crippen molar-refractivity contribution in [2.45, 2.75) is 13.3 Å². The summed E-state index contributed by atoms with van der Waals surface area (Å²) in [5.41, 5.74) is 0.780. The summed E-state index contributed by atoms with van der Waals surface area (Å²) in [6.07, 6.45) is 1.84. The molecule has 5 heteroatoms. The maximum atomic E-state index is 12.9. The topological polar surface area (TPSA) is 30.0 Å². The summed E-state index contributed by atoms with van der Waals surface area (Å²) in [6, 6.07) is 4.33. The van der Waals surface area contributed by atoms with Crippen molar-refractivity contribution in [3.8, 4) is 0 Å². The molecule has 0 bridgehead atoms. The van der Waals surface area contributed by atoms with Crippen molar-refractivity contribution in [2.24, 2.45) is 0 Å². The van der Waals surface area contributed by atoms with E-state index in [4.69, 9.17) is 0 Å². The fraction of sp³-hybridized carbons (Fsp3) is 0.167. The lowest BCUT2D eigenvalue weighted by atomic mass is 10.1. The van der Waals surface area contributed by atoms with Crippen molar-refractivity contribution in [3.05, 3.63) is 50.1 Å². The summed E-state index contributed by atoms with van der Waals surface area (Å²) in [4.78, 5) is 16.6. The molecular formula is C12H9BrFNOS. The van der Waals surface area contributed by atoms with Gasteiger partial charge in [0.15, 0.2) is 5.78 Å². The minimum absolute atomic E-state index is 0.00269. The number of rotatable bonds is 3. The first-order valence-electron chi connectivity index (χ1n) is 4.96. The van der Waals surface area contributed by atoms with Gasteiger partial charge in [-0.15, -0.1) is 11.3 Å². The Hall–Kier alpha value is -1.07. The van der Waals surface area contributed by atoms with Crippen LogP contribution in [0.25, 0.3) is 0 Å². The summed E-state index contributed by atoms with van der Waals surface area (Å²) in [6.45, 7) is 1.86. The van der Waals surface area contributed by atoms with Crippen molar-refractivity contribution in [1.82, 2.24) is 4.98 Å². The SMILES string of the molecule is Cc1ncc(C(=O)Cc2ccc(F)cc2Br)s1. The van der Waals surface area contributed by atoms with Gasteiger partial charge in [0.2, 0.25) is 0 Å². The number of carbonyl (C=O) groups excluding carboxylic acids is 1. The van der Waals surface area contributed by atoms with E-state index in [-0.39, 0.29) is 18.0 Å². The van der Waals surface area contributed by atoms with Gasteiger partial charge in [0.1, 0.15) is 5.82 Å². The molecule has 0 N–H and O–H groups in total. The molecule has 17 heavy (non-hydrogen) atoms. The van der Waals surface area contributed by atoms with Gasteiger partial charge in [-0.05, 0) is 24.6 Å². The monoisotopic (exact) mass is 313 g/mol. The number of aryl methyl sites for hydroxylation is 1. The third kappa shape index (κ3) is 2.98. The summed E-state index contributed by atoms with van der Waals surface area (Å²) in [5, 5.41) is 0.867. The molecule has 0 aliphatic rings. The Morgan fingerprint density at radius 3 is 2.88 bits per heavy atom. The predicted octanol–water partition coefficient (Wildman–Crippen LogP) is 3.78. The van der Waals surface area contributed by atoms with Crippen molar-refractivity contribution in [2.75, 3.05) is 0 Å². The highest BCUT2D eigenvalue weighted by Gasteiger charge is 2.12. The molecule has 1 aromatic heterocycles. The molecular weight excluding hydrogens is 305 g/mol. The van der Waals surface area contributed by atoms with E-state index in [0.29, 0.717) is 9.35 Å². The van der Waals surface area contributed by atoms with Crippen LogP contribution in [-0.4, -0.2) is 10.8 Å². The highest BCUT2D eigenvalue weighted by molar-refractivity contribution is 9.10. The molecule has 0 fully saturated rings. The number of halogens is 2. The average Bonchev–Trinajstić information content (AvgIpc) is 2.69. The number of benzene rings is 1. The molecule has 0 spiro atoms. The smallest absolute Gasteiger partial charge is 0.178 e. The second kappa shape index (κ2) is 5.06. The lowest BCUT2D eigenvalue weighted by molar-refractivity contribution is 0.0996. The number of hydrogen-bond acceptors (Lipinski definition) is 3. The Morgan fingerprint density at radius 2 is 2.29 bits per heavy atom. The molecule has 0 amide bonds. The zero-order valence-electron chi connectivity index (χ0n) is 9.04. The number of Topliss-reactive ketones (excluding diaryl/α,β-unsaturated/α-hetero) is 1. The van der Waals surface area contributed by atoms with Crippen molar-refractivity contribution < 1.29 is 9.18 Å². The van der Waals surface area contributed by atoms with E-state index < -0.39 is 0 Å². The van der Waals surface area contributed by atoms with Crippen molar-refractivity contribution in [3.63, 3.8) is 0 Å². The highest BCUT2D eigenvalue weighted by Crippen LogP contribution is 2.21. The molecule has 1 aromatic carbocycles. The zero-order chi connectivity index (χ0) is 12.4. The standard InChI is InChI=1S/C12H9BrFNOS/c1-7-15-6-12(17-7)11(16)4-8-2-3-9(14)5-10(8)13/h2-3,5-6H,4H2,1H3. The third-order valence-corrected chi connectivity index (χ3v) is 3.95. The molecule has 0 aliphatic carbocycles. The minimum atomic E-state index is -0.318. The first-order chi connectivity index (χ1) is 8.06. The van der Waals surface area contributed by atoms with Gasteiger partial charge in [0, 0.05) is 17.1 Å². The zero-order valence-corrected chi connectivity index (χ0v) is 11.4. The van der Waals surface area contributed by atoms with Crippen LogP contribution in [0.4, 0.5) is 4.39 Å². The maximum Gasteiger partial charge on any atom is 0.178 e. The Morgan fingerprint density at radius 1 is 1.53 bits per heavy atom. The lowest BCUT2D eigenvalue weighted by Gasteiger charge is -2.02. The molecule has 0 atom stereocenters. The second-order valence-corrected chi connectivity index (χ2v) is 5.67. The molecule has 0 unspecified atom stereocenters. The molecule has 88 valence electrons. The first kappa shape index (κ1) is 12.4. The Balaban J connectivity index is 2.18. The minimum Gasteiger partial charge on any atom is -0.293 e. The van der Waals surface area contributed by atoms with Crippen LogP contribution >= 0.6 is 27.3 Å². The predicted molar refractivity (Wildman–Crippen MR) is 69.0 cm³/mol. The molecule has 0 radical (unpaired) electrons. The van der Waals surface area contributed by atoms with Gasteiger partial charge < -0.3 is 0 Å². The largest absolute Gasteiger partial charge is 0.293 e. The van der Waals surface area contributed by atoms with Crippen LogP contribution in [0.3, 0.4) is 0 Å². The van der Waals surface area contributed by atoms with Gasteiger partial charge in [0.05, 0.1) is 9.88 Å². The van der Waals surface area contributed by atoms with Crippen molar-refractivity contribution in [1.29, 1.82) is 0 Å². The van der Waals surface area contributed by atoms with Gasteiger partial charge in [-0.2, -0.15) is 0 Å². The second-order valence-electron chi connectivity index (χ2n) is 3.58. The van der Waals surface area contributed by atoms with E-state index in [0.717, 1.165) is 10.6 Å². The number of nitrogens with zero attached hydrogens (tertiary/aromatic N) is 1. The molecule has 1 heterocycles. The van der Waals surface area contributed by atoms with Crippen LogP contribution in [-0.2, 0) is 6.42 Å². The van der Waals surface area contributed by atoms with Crippen LogP contribution < -0.4 is 0 Å². The number of carbonyl (C=O) groups is 1. The van der Waals surface area contributed by atoms with E-state index in [1.165, 1.54) is 23.5 Å². The summed E-state index contributed by atoms with van der Waals surface area (Å²) in [5.74, 6) is -0.315. The van der Waals surface area contributed by atoms with Gasteiger partial charge in [0.25, 0.3) is 0 Å². The van der Waals surface area contributed by atoms with Gasteiger partial charge in [-0.3, -0.25) is 4.79 Å². The molecule has 0 aliphatic heterocycles.